The monoisotopic (exact) mass is 246 g/mol. The van der Waals surface area contributed by atoms with Crippen molar-refractivity contribution in [2.24, 2.45) is 11.7 Å². The molecule has 2 aliphatic rings. The molecule has 18 heavy (non-hydrogen) atoms. The fourth-order valence-corrected chi connectivity index (χ4v) is 3.59. The molecule has 3 nitrogen and oxygen atoms in total. The van der Waals surface area contributed by atoms with Crippen molar-refractivity contribution in [3.8, 4) is 0 Å². The molecule has 2 fully saturated rings. The molecule has 1 aliphatic carbocycles. The Labute approximate surface area is 109 Å². The van der Waals surface area contributed by atoms with Crippen LogP contribution in [0.1, 0.15) is 50.1 Å². The van der Waals surface area contributed by atoms with E-state index >= 15 is 0 Å². The lowest BCUT2D eigenvalue weighted by Crippen LogP contribution is -2.40. The Morgan fingerprint density at radius 1 is 1.39 bits per heavy atom. The quantitative estimate of drug-likeness (QED) is 0.873. The van der Waals surface area contributed by atoms with Crippen molar-refractivity contribution in [3.63, 3.8) is 0 Å². The maximum Gasteiger partial charge on any atom is 0.0685 e. The summed E-state index contributed by atoms with van der Waals surface area (Å²) in [6, 6.07) is 4.17. The van der Waals surface area contributed by atoms with Crippen LogP contribution in [0.15, 0.2) is 24.5 Å². The molecule has 3 rings (SSSR count). The van der Waals surface area contributed by atoms with Gasteiger partial charge in [0.1, 0.15) is 0 Å². The number of rotatable bonds is 2. The predicted molar refractivity (Wildman–Crippen MR) is 71.0 cm³/mol. The van der Waals surface area contributed by atoms with Crippen molar-refractivity contribution < 1.29 is 4.74 Å². The second kappa shape index (κ2) is 4.98. The first-order valence-electron chi connectivity index (χ1n) is 7.09. The zero-order chi connectivity index (χ0) is 12.4. The van der Waals surface area contributed by atoms with Crippen LogP contribution >= 0.6 is 0 Å². The first kappa shape index (κ1) is 12.1. The highest BCUT2D eigenvalue weighted by atomic mass is 16.5. The number of ether oxygens (including phenoxy) is 1. The summed E-state index contributed by atoms with van der Waals surface area (Å²) < 4.78 is 6.07. The van der Waals surface area contributed by atoms with Crippen LogP contribution in [0, 0.1) is 5.92 Å². The number of hydrogen-bond donors (Lipinski definition) is 1. The average Bonchev–Trinajstić information content (AvgIpc) is 2.87. The molecule has 2 N–H and O–H groups in total. The minimum absolute atomic E-state index is 0.111. The van der Waals surface area contributed by atoms with Gasteiger partial charge in [0.05, 0.1) is 5.60 Å². The Hall–Kier alpha value is -0.930. The summed E-state index contributed by atoms with van der Waals surface area (Å²) in [5.41, 5.74) is 7.74. The third kappa shape index (κ3) is 2.29. The van der Waals surface area contributed by atoms with Crippen LogP contribution in [0.3, 0.4) is 0 Å². The highest BCUT2D eigenvalue weighted by Crippen LogP contribution is 2.44. The van der Waals surface area contributed by atoms with Crippen molar-refractivity contribution in [3.05, 3.63) is 30.1 Å². The molecular formula is C15H22N2O. The number of nitrogens with zero attached hydrogens (tertiary/aromatic N) is 1. The summed E-state index contributed by atoms with van der Waals surface area (Å²) in [6.45, 7) is 0.874. The van der Waals surface area contributed by atoms with Gasteiger partial charge < -0.3 is 10.5 Å². The molecule has 1 aromatic rings. The van der Waals surface area contributed by atoms with Gasteiger partial charge >= 0.3 is 0 Å². The highest BCUT2D eigenvalue weighted by Gasteiger charge is 2.41. The smallest absolute Gasteiger partial charge is 0.0685 e. The van der Waals surface area contributed by atoms with Crippen LogP contribution < -0.4 is 5.73 Å². The van der Waals surface area contributed by atoms with Crippen molar-refractivity contribution in [2.75, 3.05) is 6.61 Å². The Bertz CT molecular complexity index is 387. The Morgan fingerprint density at radius 3 is 2.94 bits per heavy atom. The van der Waals surface area contributed by atoms with Gasteiger partial charge in [0.2, 0.25) is 0 Å². The molecule has 1 aliphatic heterocycles. The third-order valence-corrected chi connectivity index (χ3v) is 4.62. The van der Waals surface area contributed by atoms with Gasteiger partial charge in [-0.3, -0.25) is 4.98 Å². The molecule has 0 amide bonds. The van der Waals surface area contributed by atoms with Gasteiger partial charge in [-0.05, 0) is 43.2 Å². The van der Waals surface area contributed by atoms with Gasteiger partial charge in [0, 0.05) is 25.0 Å². The normalized spacial score (nSPS) is 28.4. The van der Waals surface area contributed by atoms with Crippen molar-refractivity contribution in [1.29, 1.82) is 0 Å². The van der Waals surface area contributed by atoms with Crippen LogP contribution in [0.4, 0.5) is 0 Å². The van der Waals surface area contributed by atoms with E-state index in [0.29, 0.717) is 5.92 Å². The topological polar surface area (TPSA) is 48.1 Å². The minimum Gasteiger partial charge on any atom is -0.375 e. The number of aromatic nitrogens is 1. The molecule has 0 bridgehead atoms. The first-order valence-corrected chi connectivity index (χ1v) is 7.09. The van der Waals surface area contributed by atoms with Gasteiger partial charge in [-0.25, -0.2) is 0 Å². The number of pyridine rings is 1. The van der Waals surface area contributed by atoms with Crippen LogP contribution in [-0.2, 0) is 4.74 Å². The van der Waals surface area contributed by atoms with Crippen LogP contribution in [-0.4, -0.2) is 17.2 Å². The molecule has 1 saturated carbocycles. The summed E-state index contributed by atoms with van der Waals surface area (Å²) in [5, 5.41) is 0. The lowest BCUT2D eigenvalue weighted by atomic mass is 9.79. The van der Waals surface area contributed by atoms with E-state index in [1.165, 1.54) is 25.7 Å². The summed E-state index contributed by atoms with van der Waals surface area (Å²) in [4.78, 5) is 4.18. The first-order chi connectivity index (χ1) is 8.79. The van der Waals surface area contributed by atoms with Gasteiger partial charge in [0.25, 0.3) is 0 Å². The lowest BCUT2D eigenvalue weighted by Gasteiger charge is -2.40. The van der Waals surface area contributed by atoms with Crippen LogP contribution in [0.5, 0.6) is 0 Å². The van der Waals surface area contributed by atoms with Gasteiger partial charge in [-0.15, -0.1) is 0 Å². The molecule has 1 saturated heterocycles. The van der Waals surface area contributed by atoms with E-state index in [-0.39, 0.29) is 11.6 Å². The van der Waals surface area contributed by atoms with Crippen molar-refractivity contribution in [1.82, 2.24) is 4.98 Å². The van der Waals surface area contributed by atoms with Crippen LogP contribution in [0.2, 0.25) is 0 Å². The van der Waals surface area contributed by atoms with Crippen molar-refractivity contribution in [2.45, 2.75) is 50.2 Å². The Kier molecular flexibility index (Phi) is 3.35. The van der Waals surface area contributed by atoms with E-state index in [1.807, 2.05) is 12.3 Å². The Morgan fingerprint density at radius 2 is 2.22 bits per heavy atom. The molecule has 98 valence electrons. The third-order valence-electron chi connectivity index (χ3n) is 4.62. The molecule has 0 radical (unpaired) electrons. The standard InChI is InChI=1S/C15H22N2O/c16-14(13-4-3-8-17-11-13)12-5-9-18-15(10-12)6-1-2-7-15/h3-4,8,11-12,14H,1-2,5-7,9-10,16H2. The van der Waals surface area contributed by atoms with E-state index in [9.17, 15) is 0 Å². The maximum absolute atomic E-state index is 6.43. The molecule has 2 heterocycles. The van der Waals surface area contributed by atoms with Gasteiger partial charge in [-0.2, -0.15) is 0 Å². The number of hydrogen-bond acceptors (Lipinski definition) is 3. The second-order valence-electron chi connectivity index (χ2n) is 5.80. The molecule has 3 heteroatoms. The zero-order valence-electron chi connectivity index (χ0n) is 10.8. The van der Waals surface area contributed by atoms with Crippen molar-refractivity contribution >= 4 is 0 Å². The molecule has 1 aromatic heterocycles. The molecule has 1 spiro atoms. The van der Waals surface area contributed by atoms with E-state index < -0.39 is 0 Å². The zero-order valence-corrected chi connectivity index (χ0v) is 10.8. The van der Waals surface area contributed by atoms with Gasteiger partial charge in [-0.1, -0.05) is 18.9 Å². The van der Waals surface area contributed by atoms with Gasteiger partial charge in [0.15, 0.2) is 0 Å². The minimum atomic E-state index is 0.111. The maximum atomic E-state index is 6.43. The molecule has 0 aromatic carbocycles. The molecule has 2 unspecified atom stereocenters. The largest absolute Gasteiger partial charge is 0.375 e. The summed E-state index contributed by atoms with van der Waals surface area (Å²) >= 11 is 0. The average molecular weight is 246 g/mol. The van der Waals surface area contributed by atoms with Crippen LogP contribution in [0.25, 0.3) is 0 Å². The summed E-state index contributed by atoms with van der Waals surface area (Å²) in [5.74, 6) is 0.543. The number of nitrogens with two attached hydrogens (primary N) is 1. The molecular weight excluding hydrogens is 224 g/mol. The van der Waals surface area contributed by atoms with E-state index in [0.717, 1.165) is 25.0 Å². The Balaban J connectivity index is 1.72. The fraction of sp³-hybridized carbons (Fsp3) is 0.667. The SMILES string of the molecule is NC(c1cccnc1)C1CCOC2(CCCC2)C1. The van der Waals surface area contributed by atoms with E-state index in [1.54, 1.807) is 6.20 Å². The lowest BCUT2D eigenvalue weighted by molar-refractivity contribution is -0.0963. The summed E-state index contributed by atoms with van der Waals surface area (Å²) in [6.07, 6.45) is 11.0. The predicted octanol–water partition coefficient (Wildman–Crippen LogP) is 2.82. The van der Waals surface area contributed by atoms with E-state index in [2.05, 4.69) is 11.1 Å². The second-order valence-corrected chi connectivity index (χ2v) is 5.80. The fourth-order valence-electron chi connectivity index (χ4n) is 3.59. The molecule has 2 atom stereocenters. The van der Waals surface area contributed by atoms with E-state index in [4.69, 9.17) is 10.5 Å². The highest BCUT2D eigenvalue weighted by molar-refractivity contribution is 5.15. The summed E-state index contributed by atoms with van der Waals surface area (Å²) in [7, 11) is 0.